The van der Waals surface area contributed by atoms with Crippen molar-refractivity contribution >= 4 is 27.3 Å². The van der Waals surface area contributed by atoms with Gasteiger partial charge < -0.3 is 4.57 Å². The Morgan fingerprint density at radius 1 is 1.18 bits per heavy atom. The van der Waals surface area contributed by atoms with E-state index in [0.717, 1.165) is 6.07 Å². The Labute approximate surface area is 168 Å². The maximum atomic E-state index is 14.7. The molecule has 1 N–H and O–H groups in total. The fraction of sp³-hybridized carbons (Fsp3) is 0.263. The Kier molecular flexibility index (Phi) is 5.20. The molecule has 0 unspecified atom stereocenters. The van der Waals surface area contributed by atoms with E-state index in [1.54, 1.807) is 29.8 Å². The van der Waals surface area contributed by atoms with E-state index in [9.17, 15) is 12.8 Å². The number of rotatable bonds is 4. The van der Waals surface area contributed by atoms with Crippen molar-refractivity contribution in [1.82, 2.24) is 14.8 Å². The van der Waals surface area contributed by atoms with Crippen molar-refractivity contribution in [3.8, 4) is 11.4 Å². The molecule has 0 aliphatic carbocycles. The van der Waals surface area contributed by atoms with E-state index >= 15 is 0 Å². The molecule has 6 nitrogen and oxygen atoms in total. The first kappa shape index (κ1) is 20.3. The number of halogens is 2. The molecule has 0 fully saturated rings. The average molecular weight is 423 g/mol. The van der Waals surface area contributed by atoms with Gasteiger partial charge in [0.1, 0.15) is 12.1 Å². The van der Waals surface area contributed by atoms with Gasteiger partial charge in [-0.1, -0.05) is 50.6 Å². The Hall–Kier alpha value is -2.45. The molecule has 2 aromatic carbocycles. The van der Waals surface area contributed by atoms with Crippen molar-refractivity contribution in [2.24, 2.45) is 7.05 Å². The van der Waals surface area contributed by atoms with E-state index in [1.807, 2.05) is 20.8 Å². The van der Waals surface area contributed by atoms with Crippen LogP contribution in [0.2, 0.25) is 5.02 Å². The topological polar surface area (TPSA) is 76.9 Å². The minimum absolute atomic E-state index is 0.0479. The van der Waals surface area contributed by atoms with Gasteiger partial charge in [0.15, 0.2) is 5.82 Å². The quantitative estimate of drug-likeness (QED) is 0.677. The summed E-state index contributed by atoms with van der Waals surface area (Å²) in [5, 5.41) is 7.88. The number of nitrogens with zero attached hydrogens (tertiary/aromatic N) is 3. The fourth-order valence-corrected chi connectivity index (χ4v) is 4.47. The molecule has 0 amide bonds. The molecule has 3 rings (SSSR count). The highest BCUT2D eigenvalue weighted by Crippen LogP contribution is 2.43. The second-order valence-corrected chi connectivity index (χ2v) is 9.46. The maximum Gasteiger partial charge on any atom is 0.261 e. The molecule has 0 aliphatic rings. The highest BCUT2D eigenvalue weighted by Gasteiger charge is 2.30. The minimum atomic E-state index is -3.95. The summed E-state index contributed by atoms with van der Waals surface area (Å²) >= 11 is 6.30. The van der Waals surface area contributed by atoms with Crippen molar-refractivity contribution in [2.75, 3.05) is 4.72 Å². The normalized spacial score (nSPS) is 12.2. The smallest absolute Gasteiger partial charge is 0.261 e. The molecule has 0 radical (unpaired) electrons. The SMILES string of the molecule is Cn1cnnc1-c1c(NS(=O)(=O)c2ccccc2)cc(F)c(Cl)c1C(C)(C)C. The number of nitrogens with one attached hydrogen (secondary N) is 1. The van der Waals surface area contributed by atoms with Crippen LogP contribution in [0.5, 0.6) is 0 Å². The summed E-state index contributed by atoms with van der Waals surface area (Å²) in [4.78, 5) is 0.0617. The Bertz CT molecular complexity index is 1120. The first-order chi connectivity index (χ1) is 13.0. The summed E-state index contributed by atoms with van der Waals surface area (Å²) in [5.74, 6) is -0.346. The van der Waals surface area contributed by atoms with Gasteiger partial charge in [-0.3, -0.25) is 4.72 Å². The predicted octanol–water partition coefficient (Wildman–Crippen LogP) is 4.37. The number of aryl methyl sites for hydroxylation is 1. The van der Waals surface area contributed by atoms with Gasteiger partial charge in [-0.05, 0) is 23.1 Å². The lowest BCUT2D eigenvalue weighted by molar-refractivity contribution is 0.574. The lowest BCUT2D eigenvalue weighted by Crippen LogP contribution is -2.19. The van der Waals surface area contributed by atoms with Crippen LogP contribution in [0.15, 0.2) is 47.6 Å². The molecular formula is C19H20ClFN4O2S. The Morgan fingerprint density at radius 2 is 1.82 bits per heavy atom. The number of hydrogen-bond donors (Lipinski definition) is 1. The van der Waals surface area contributed by atoms with Crippen molar-refractivity contribution in [3.05, 3.63) is 59.1 Å². The molecule has 148 valence electrons. The summed E-state index contributed by atoms with van der Waals surface area (Å²) in [7, 11) is -2.23. The standard InChI is InChI=1S/C19H20ClFN4O2S/c1-19(2,3)16-15(18-23-22-11-25(18)4)14(10-13(21)17(16)20)24-28(26,27)12-8-6-5-7-9-12/h5-11,24H,1-4H3. The van der Waals surface area contributed by atoms with Crippen LogP contribution < -0.4 is 4.72 Å². The van der Waals surface area contributed by atoms with Crippen molar-refractivity contribution in [2.45, 2.75) is 31.1 Å². The third kappa shape index (κ3) is 3.74. The van der Waals surface area contributed by atoms with Crippen molar-refractivity contribution < 1.29 is 12.8 Å². The number of hydrogen-bond acceptors (Lipinski definition) is 4. The number of sulfonamides is 1. The zero-order chi connectivity index (χ0) is 20.7. The van der Waals surface area contributed by atoms with Crippen LogP contribution in [0, 0.1) is 5.82 Å². The van der Waals surface area contributed by atoms with Crippen LogP contribution in [0.4, 0.5) is 10.1 Å². The summed E-state index contributed by atoms with van der Waals surface area (Å²) in [6.07, 6.45) is 1.48. The van der Waals surface area contributed by atoms with Crippen LogP contribution in [0.3, 0.4) is 0 Å². The lowest BCUT2D eigenvalue weighted by Gasteiger charge is -2.26. The Morgan fingerprint density at radius 3 is 2.36 bits per heavy atom. The number of anilines is 1. The minimum Gasteiger partial charge on any atom is -0.317 e. The molecular weight excluding hydrogens is 403 g/mol. The van der Waals surface area contributed by atoms with Crippen molar-refractivity contribution in [1.29, 1.82) is 0 Å². The Balaban J connectivity index is 2.30. The van der Waals surface area contributed by atoms with E-state index in [-0.39, 0.29) is 15.6 Å². The van der Waals surface area contributed by atoms with Gasteiger partial charge in [-0.15, -0.1) is 10.2 Å². The van der Waals surface area contributed by atoms with Gasteiger partial charge in [0, 0.05) is 18.7 Å². The first-order valence-electron chi connectivity index (χ1n) is 8.47. The summed E-state index contributed by atoms with van der Waals surface area (Å²) < 4.78 is 44.5. The van der Waals surface area contributed by atoms with E-state index < -0.39 is 21.3 Å². The van der Waals surface area contributed by atoms with Gasteiger partial charge in [-0.2, -0.15) is 0 Å². The first-order valence-corrected chi connectivity index (χ1v) is 10.3. The molecule has 1 heterocycles. The van der Waals surface area contributed by atoms with E-state index in [1.165, 1.54) is 18.5 Å². The van der Waals surface area contributed by atoms with Gasteiger partial charge in [0.2, 0.25) is 0 Å². The molecule has 1 aromatic heterocycles. The van der Waals surface area contributed by atoms with Gasteiger partial charge >= 0.3 is 0 Å². The van der Waals surface area contributed by atoms with Gasteiger partial charge in [0.25, 0.3) is 10.0 Å². The molecule has 0 spiro atoms. The van der Waals surface area contributed by atoms with Crippen LogP contribution >= 0.6 is 11.6 Å². The number of benzene rings is 2. The second-order valence-electron chi connectivity index (χ2n) is 7.40. The molecule has 0 saturated heterocycles. The molecule has 0 aliphatic heterocycles. The highest BCUT2D eigenvalue weighted by molar-refractivity contribution is 7.92. The molecule has 9 heteroatoms. The molecule has 0 bridgehead atoms. The lowest BCUT2D eigenvalue weighted by atomic mass is 9.82. The van der Waals surface area contributed by atoms with Crippen LogP contribution in [0.25, 0.3) is 11.4 Å². The molecule has 0 saturated carbocycles. The largest absolute Gasteiger partial charge is 0.317 e. The molecule has 3 aromatic rings. The third-order valence-corrected chi connectivity index (χ3v) is 5.95. The monoisotopic (exact) mass is 422 g/mol. The van der Waals surface area contributed by atoms with Gasteiger partial charge in [0.05, 0.1) is 15.6 Å². The van der Waals surface area contributed by atoms with Gasteiger partial charge in [-0.25, -0.2) is 12.8 Å². The van der Waals surface area contributed by atoms with Crippen LogP contribution in [-0.2, 0) is 22.5 Å². The van der Waals surface area contributed by atoms with E-state index in [0.29, 0.717) is 17.0 Å². The van der Waals surface area contributed by atoms with Crippen LogP contribution in [-0.4, -0.2) is 23.2 Å². The summed E-state index contributed by atoms with van der Waals surface area (Å²) in [5.41, 5.74) is 0.286. The summed E-state index contributed by atoms with van der Waals surface area (Å²) in [6, 6.07) is 8.93. The predicted molar refractivity (Wildman–Crippen MR) is 107 cm³/mol. The second kappa shape index (κ2) is 7.18. The number of aromatic nitrogens is 3. The average Bonchev–Trinajstić information content (AvgIpc) is 3.03. The third-order valence-electron chi connectivity index (χ3n) is 4.20. The van der Waals surface area contributed by atoms with E-state index in [4.69, 9.17) is 11.6 Å². The zero-order valence-corrected chi connectivity index (χ0v) is 17.4. The van der Waals surface area contributed by atoms with Crippen LogP contribution in [0.1, 0.15) is 26.3 Å². The van der Waals surface area contributed by atoms with E-state index in [2.05, 4.69) is 14.9 Å². The molecule has 28 heavy (non-hydrogen) atoms. The molecule has 0 atom stereocenters. The summed E-state index contributed by atoms with van der Waals surface area (Å²) in [6.45, 7) is 5.59. The zero-order valence-electron chi connectivity index (χ0n) is 15.9. The highest BCUT2D eigenvalue weighted by atomic mass is 35.5. The maximum absolute atomic E-state index is 14.7. The van der Waals surface area contributed by atoms with Crippen molar-refractivity contribution in [3.63, 3.8) is 0 Å². The fourth-order valence-electron chi connectivity index (χ4n) is 2.96.